The van der Waals surface area contributed by atoms with Crippen LogP contribution in [0.3, 0.4) is 0 Å². The maximum atomic E-state index is 5.77. The Morgan fingerprint density at radius 3 is 2.62 bits per heavy atom. The lowest BCUT2D eigenvalue weighted by Crippen LogP contribution is -2.29. The second-order valence-electron chi connectivity index (χ2n) is 2.97. The second kappa shape index (κ2) is 3.26. The number of benzene rings is 1. The maximum Gasteiger partial charge on any atom is 0.189 e. The van der Waals surface area contributed by atoms with Crippen LogP contribution in [0.5, 0.6) is 0 Å². The summed E-state index contributed by atoms with van der Waals surface area (Å²) in [6, 6.07) is 7.90. The van der Waals surface area contributed by atoms with Crippen molar-refractivity contribution in [3.05, 3.63) is 34.9 Å². The van der Waals surface area contributed by atoms with Crippen molar-refractivity contribution in [2.24, 2.45) is 10.7 Å². The average Bonchev–Trinajstić information content (AvgIpc) is 2.53. The number of guanidine groups is 1. The van der Waals surface area contributed by atoms with Gasteiger partial charge in [-0.15, -0.1) is 0 Å². The van der Waals surface area contributed by atoms with E-state index in [1.807, 2.05) is 24.3 Å². The highest BCUT2D eigenvalue weighted by atomic mass is 35.5. The number of nitrogens with one attached hydrogen (secondary N) is 1. The fourth-order valence-electron chi connectivity index (χ4n) is 1.34. The molecule has 2 rings (SSSR count). The van der Waals surface area contributed by atoms with Crippen LogP contribution in [0.15, 0.2) is 29.3 Å². The Bertz CT molecular complexity index is 331. The van der Waals surface area contributed by atoms with Gasteiger partial charge in [0.25, 0.3) is 0 Å². The molecule has 0 saturated carbocycles. The standard InChI is InChI=1S/C9H10ClN3/c10-7-3-1-6(2-4-7)8-5-12-9(11)13-8/h1-4,8H,5H2,(H3,11,12,13)/t8-/m1/s1. The monoisotopic (exact) mass is 195 g/mol. The van der Waals surface area contributed by atoms with Crippen molar-refractivity contribution in [3.63, 3.8) is 0 Å². The molecule has 0 amide bonds. The lowest BCUT2D eigenvalue weighted by atomic mass is 10.1. The Kier molecular flexibility index (Phi) is 2.10. The van der Waals surface area contributed by atoms with E-state index in [1.165, 1.54) is 0 Å². The van der Waals surface area contributed by atoms with Gasteiger partial charge in [-0.1, -0.05) is 23.7 Å². The van der Waals surface area contributed by atoms with Crippen LogP contribution in [0.25, 0.3) is 0 Å². The summed E-state index contributed by atoms with van der Waals surface area (Å²) in [5.41, 5.74) is 6.67. The second-order valence-corrected chi connectivity index (χ2v) is 3.41. The van der Waals surface area contributed by atoms with Crippen LogP contribution in [0.4, 0.5) is 0 Å². The molecule has 3 N–H and O–H groups in total. The topological polar surface area (TPSA) is 50.4 Å². The SMILES string of the molecule is NC1=NC[C@H](c2ccc(Cl)cc2)N1. The summed E-state index contributed by atoms with van der Waals surface area (Å²) in [7, 11) is 0. The molecule has 0 fully saturated rings. The third-order valence-electron chi connectivity index (χ3n) is 2.04. The Labute approximate surface area is 81.6 Å². The van der Waals surface area contributed by atoms with Crippen molar-refractivity contribution in [2.75, 3.05) is 6.54 Å². The van der Waals surface area contributed by atoms with Crippen molar-refractivity contribution >= 4 is 17.6 Å². The molecule has 1 atom stereocenters. The van der Waals surface area contributed by atoms with Crippen LogP contribution < -0.4 is 11.1 Å². The van der Waals surface area contributed by atoms with Crippen molar-refractivity contribution in [1.29, 1.82) is 0 Å². The summed E-state index contributed by atoms with van der Waals surface area (Å²) in [6.45, 7) is 0.702. The first-order valence-electron chi connectivity index (χ1n) is 4.07. The molecular weight excluding hydrogens is 186 g/mol. The molecule has 3 nitrogen and oxygen atoms in total. The summed E-state index contributed by atoms with van der Waals surface area (Å²) in [5, 5.41) is 3.82. The van der Waals surface area contributed by atoms with E-state index in [0.29, 0.717) is 12.5 Å². The zero-order valence-electron chi connectivity index (χ0n) is 7.00. The lowest BCUT2D eigenvalue weighted by molar-refractivity contribution is 0.708. The minimum absolute atomic E-state index is 0.206. The predicted molar refractivity (Wildman–Crippen MR) is 53.8 cm³/mol. The Balaban J connectivity index is 2.14. The number of hydrogen-bond acceptors (Lipinski definition) is 3. The molecular formula is C9H10ClN3. The Morgan fingerprint density at radius 1 is 1.38 bits per heavy atom. The van der Waals surface area contributed by atoms with Gasteiger partial charge in [0.1, 0.15) is 0 Å². The first-order valence-corrected chi connectivity index (χ1v) is 4.45. The lowest BCUT2D eigenvalue weighted by Gasteiger charge is -2.10. The van der Waals surface area contributed by atoms with Crippen LogP contribution >= 0.6 is 11.6 Å². The van der Waals surface area contributed by atoms with Gasteiger partial charge in [-0.25, -0.2) is 0 Å². The van der Waals surface area contributed by atoms with Gasteiger partial charge < -0.3 is 11.1 Å². The number of nitrogens with two attached hydrogens (primary N) is 1. The Hall–Kier alpha value is -1.22. The van der Waals surface area contributed by atoms with E-state index in [1.54, 1.807) is 0 Å². The van der Waals surface area contributed by atoms with Crippen LogP contribution in [-0.2, 0) is 0 Å². The normalized spacial score (nSPS) is 21.0. The molecule has 68 valence electrons. The van der Waals surface area contributed by atoms with E-state index in [0.717, 1.165) is 10.6 Å². The number of nitrogens with zero attached hydrogens (tertiary/aromatic N) is 1. The van der Waals surface area contributed by atoms with Crippen LogP contribution in [0, 0.1) is 0 Å². The van der Waals surface area contributed by atoms with Gasteiger partial charge in [0, 0.05) is 5.02 Å². The van der Waals surface area contributed by atoms with Crippen LogP contribution in [0.2, 0.25) is 5.02 Å². The molecule has 0 radical (unpaired) electrons. The van der Waals surface area contributed by atoms with Gasteiger partial charge in [0.15, 0.2) is 5.96 Å². The largest absolute Gasteiger partial charge is 0.370 e. The van der Waals surface area contributed by atoms with Crippen molar-refractivity contribution in [2.45, 2.75) is 6.04 Å². The quantitative estimate of drug-likeness (QED) is 0.710. The summed E-state index contributed by atoms with van der Waals surface area (Å²) < 4.78 is 0. The van der Waals surface area contributed by atoms with Crippen LogP contribution in [-0.4, -0.2) is 12.5 Å². The summed E-state index contributed by atoms with van der Waals surface area (Å²) in [4.78, 5) is 4.07. The van der Waals surface area contributed by atoms with Crippen molar-refractivity contribution in [3.8, 4) is 0 Å². The first kappa shape index (κ1) is 8.38. The number of aliphatic imine (C=N–C) groups is 1. The number of rotatable bonds is 1. The molecule has 1 aliphatic heterocycles. The first-order chi connectivity index (χ1) is 6.25. The highest BCUT2D eigenvalue weighted by molar-refractivity contribution is 6.30. The maximum absolute atomic E-state index is 5.77. The van der Waals surface area contributed by atoms with E-state index in [9.17, 15) is 0 Å². The molecule has 0 unspecified atom stereocenters. The molecule has 0 saturated heterocycles. The van der Waals surface area contributed by atoms with E-state index in [-0.39, 0.29) is 6.04 Å². The minimum atomic E-state index is 0.206. The third-order valence-corrected chi connectivity index (χ3v) is 2.29. The minimum Gasteiger partial charge on any atom is -0.370 e. The predicted octanol–water partition coefficient (Wildman–Crippen LogP) is 1.30. The molecule has 0 aromatic heterocycles. The van der Waals surface area contributed by atoms with Gasteiger partial charge in [-0.2, -0.15) is 0 Å². The van der Waals surface area contributed by atoms with Crippen molar-refractivity contribution < 1.29 is 0 Å². The molecule has 0 aliphatic carbocycles. The van der Waals surface area contributed by atoms with E-state index < -0.39 is 0 Å². The average molecular weight is 196 g/mol. The Morgan fingerprint density at radius 2 is 2.08 bits per heavy atom. The highest BCUT2D eigenvalue weighted by Crippen LogP contribution is 2.18. The smallest absolute Gasteiger partial charge is 0.189 e. The highest BCUT2D eigenvalue weighted by Gasteiger charge is 2.16. The summed E-state index contributed by atoms with van der Waals surface area (Å²) in [6.07, 6.45) is 0. The van der Waals surface area contributed by atoms with Crippen LogP contribution in [0.1, 0.15) is 11.6 Å². The fraction of sp³-hybridized carbons (Fsp3) is 0.222. The number of halogens is 1. The van der Waals surface area contributed by atoms with Gasteiger partial charge in [0.05, 0.1) is 12.6 Å². The van der Waals surface area contributed by atoms with Crippen molar-refractivity contribution in [1.82, 2.24) is 5.32 Å². The van der Waals surface area contributed by atoms with Gasteiger partial charge >= 0.3 is 0 Å². The molecule has 0 bridgehead atoms. The van der Waals surface area contributed by atoms with Gasteiger partial charge in [0.2, 0.25) is 0 Å². The molecule has 0 spiro atoms. The molecule has 1 aromatic rings. The van der Waals surface area contributed by atoms with Gasteiger partial charge in [-0.05, 0) is 17.7 Å². The molecule has 1 aromatic carbocycles. The fourth-order valence-corrected chi connectivity index (χ4v) is 1.47. The molecule has 1 heterocycles. The molecule has 4 heteroatoms. The van der Waals surface area contributed by atoms with E-state index in [4.69, 9.17) is 17.3 Å². The van der Waals surface area contributed by atoms with E-state index >= 15 is 0 Å². The van der Waals surface area contributed by atoms with Gasteiger partial charge in [-0.3, -0.25) is 4.99 Å². The summed E-state index contributed by atoms with van der Waals surface area (Å²) in [5.74, 6) is 0.514. The molecule has 13 heavy (non-hydrogen) atoms. The van der Waals surface area contributed by atoms with E-state index in [2.05, 4.69) is 10.3 Å². The zero-order chi connectivity index (χ0) is 9.26. The molecule has 1 aliphatic rings. The summed E-state index contributed by atoms with van der Waals surface area (Å²) >= 11 is 5.77. The number of hydrogen-bond donors (Lipinski definition) is 2. The third kappa shape index (κ3) is 1.75. The zero-order valence-corrected chi connectivity index (χ0v) is 7.75.